The lowest BCUT2D eigenvalue weighted by Crippen LogP contribution is -2.15. The van der Waals surface area contributed by atoms with Crippen molar-refractivity contribution in [3.05, 3.63) is 48.3 Å². The van der Waals surface area contributed by atoms with Crippen LogP contribution in [0.1, 0.15) is 29.6 Å². The van der Waals surface area contributed by atoms with Crippen molar-refractivity contribution in [2.75, 3.05) is 30.8 Å². The standard InChI is InChI=1S/C20H24N4O3/c1-27-18-11-16(23-19(25)7-4-14-8-10-22-12-14)5-6-17(18)24-20(26)15-3-2-9-21-13-15/h2-3,5-6,9,11,13-14,22H,4,7-8,10,12H2,1H3,(H,23,25)(H,24,26). The molecule has 1 aromatic heterocycles. The number of nitrogens with zero attached hydrogens (tertiary/aromatic N) is 1. The van der Waals surface area contributed by atoms with E-state index in [2.05, 4.69) is 20.9 Å². The zero-order valence-electron chi connectivity index (χ0n) is 15.3. The molecule has 1 unspecified atom stereocenters. The molecule has 1 aliphatic heterocycles. The summed E-state index contributed by atoms with van der Waals surface area (Å²) in [5, 5.41) is 9.00. The molecule has 0 bridgehead atoms. The van der Waals surface area contributed by atoms with Gasteiger partial charge >= 0.3 is 0 Å². The summed E-state index contributed by atoms with van der Waals surface area (Å²) in [4.78, 5) is 28.4. The summed E-state index contributed by atoms with van der Waals surface area (Å²) in [6.07, 6.45) is 5.62. The van der Waals surface area contributed by atoms with Crippen molar-refractivity contribution >= 4 is 23.2 Å². The van der Waals surface area contributed by atoms with Crippen LogP contribution in [-0.4, -0.2) is 37.0 Å². The summed E-state index contributed by atoms with van der Waals surface area (Å²) < 4.78 is 5.36. The molecule has 0 spiro atoms. The van der Waals surface area contributed by atoms with E-state index in [9.17, 15) is 9.59 Å². The second-order valence-corrected chi connectivity index (χ2v) is 6.56. The number of hydrogen-bond acceptors (Lipinski definition) is 5. The van der Waals surface area contributed by atoms with Gasteiger partial charge in [0.05, 0.1) is 18.4 Å². The second-order valence-electron chi connectivity index (χ2n) is 6.56. The summed E-state index contributed by atoms with van der Waals surface area (Å²) in [5.74, 6) is 0.764. The molecule has 1 fully saturated rings. The van der Waals surface area contributed by atoms with Crippen molar-refractivity contribution in [1.82, 2.24) is 10.3 Å². The lowest BCUT2D eigenvalue weighted by Gasteiger charge is -2.13. The molecule has 2 amide bonds. The molecule has 7 nitrogen and oxygen atoms in total. The molecule has 1 aromatic carbocycles. The molecule has 2 aromatic rings. The van der Waals surface area contributed by atoms with Gasteiger partial charge in [-0.2, -0.15) is 0 Å². The molecule has 1 aliphatic rings. The van der Waals surface area contributed by atoms with Gasteiger partial charge in [-0.15, -0.1) is 0 Å². The Morgan fingerprint density at radius 1 is 1.30 bits per heavy atom. The molecule has 0 aliphatic carbocycles. The number of carbonyl (C=O) groups excluding carboxylic acids is 2. The summed E-state index contributed by atoms with van der Waals surface area (Å²) in [6.45, 7) is 2.03. The molecule has 142 valence electrons. The minimum Gasteiger partial charge on any atom is -0.494 e. The van der Waals surface area contributed by atoms with Gasteiger partial charge in [0.1, 0.15) is 5.75 Å². The number of hydrogen-bond donors (Lipinski definition) is 3. The largest absolute Gasteiger partial charge is 0.494 e. The maximum atomic E-state index is 12.3. The first-order valence-corrected chi connectivity index (χ1v) is 9.05. The lowest BCUT2D eigenvalue weighted by atomic mass is 10.0. The van der Waals surface area contributed by atoms with E-state index < -0.39 is 0 Å². The number of ether oxygens (including phenoxy) is 1. The number of nitrogens with one attached hydrogen (secondary N) is 3. The molecular weight excluding hydrogens is 344 g/mol. The van der Waals surface area contributed by atoms with Crippen LogP contribution < -0.4 is 20.7 Å². The molecular formula is C20H24N4O3. The SMILES string of the molecule is COc1cc(NC(=O)CCC2CCNC2)ccc1NC(=O)c1cccnc1. The summed E-state index contributed by atoms with van der Waals surface area (Å²) in [7, 11) is 1.52. The highest BCUT2D eigenvalue weighted by molar-refractivity contribution is 6.05. The van der Waals surface area contributed by atoms with Crippen molar-refractivity contribution in [2.45, 2.75) is 19.3 Å². The fraction of sp³-hybridized carbons (Fsp3) is 0.350. The second kappa shape index (κ2) is 9.14. The average Bonchev–Trinajstić information content (AvgIpc) is 3.22. The third kappa shape index (κ3) is 5.27. The van der Waals surface area contributed by atoms with Crippen LogP contribution in [0.2, 0.25) is 0 Å². The van der Waals surface area contributed by atoms with E-state index in [0.717, 1.165) is 25.9 Å². The first kappa shape index (κ1) is 18.8. The van der Waals surface area contributed by atoms with Gasteiger partial charge in [-0.05, 0) is 56.1 Å². The maximum absolute atomic E-state index is 12.3. The summed E-state index contributed by atoms with van der Waals surface area (Å²) >= 11 is 0. The molecule has 27 heavy (non-hydrogen) atoms. The molecule has 1 atom stereocenters. The van der Waals surface area contributed by atoms with E-state index >= 15 is 0 Å². The van der Waals surface area contributed by atoms with E-state index in [1.807, 2.05) is 0 Å². The molecule has 7 heteroatoms. The van der Waals surface area contributed by atoms with Crippen molar-refractivity contribution in [2.24, 2.45) is 5.92 Å². The van der Waals surface area contributed by atoms with Gasteiger partial charge in [-0.25, -0.2) is 0 Å². The Bertz CT molecular complexity index is 789. The zero-order chi connectivity index (χ0) is 19.1. The van der Waals surface area contributed by atoms with Gasteiger partial charge in [0, 0.05) is 30.6 Å². The van der Waals surface area contributed by atoms with Crippen LogP contribution in [0.15, 0.2) is 42.7 Å². The van der Waals surface area contributed by atoms with Crippen LogP contribution in [0.4, 0.5) is 11.4 Å². The van der Waals surface area contributed by atoms with Gasteiger partial charge in [0.25, 0.3) is 5.91 Å². The van der Waals surface area contributed by atoms with Crippen LogP contribution in [0.5, 0.6) is 5.75 Å². The van der Waals surface area contributed by atoms with E-state index in [4.69, 9.17) is 4.74 Å². The fourth-order valence-corrected chi connectivity index (χ4v) is 3.08. The van der Waals surface area contributed by atoms with Crippen LogP contribution in [0, 0.1) is 5.92 Å². The number of methoxy groups -OCH3 is 1. The Balaban J connectivity index is 1.59. The van der Waals surface area contributed by atoms with Crippen molar-refractivity contribution in [1.29, 1.82) is 0 Å². The van der Waals surface area contributed by atoms with Crippen LogP contribution in [-0.2, 0) is 4.79 Å². The summed E-state index contributed by atoms with van der Waals surface area (Å²) in [5.41, 5.74) is 1.63. The molecule has 3 rings (SSSR count). The minimum atomic E-state index is -0.275. The highest BCUT2D eigenvalue weighted by atomic mass is 16.5. The first-order chi connectivity index (χ1) is 13.2. The third-order valence-corrected chi connectivity index (χ3v) is 4.60. The number of anilines is 2. The topological polar surface area (TPSA) is 92.4 Å². The maximum Gasteiger partial charge on any atom is 0.257 e. The molecule has 0 saturated carbocycles. The fourth-order valence-electron chi connectivity index (χ4n) is 3.08. The van der Waals surface area contributed by atoms with Gasteiger partial charge in [0.2, 0.25) is 5.91 Å². The minimum absolute atomic E-state index is 0.0175. The molecule has 0 radical (unpaired) electrons. The summed E-state index contributed by atoms with van der Waals surface area (Å²) in [6, 6.07) is 8.55. The van der Waals surface area contributed by atoms with Crippen LogP contribution in [0.25, 0.3) is 0 Å². The smallest absolute Gasteiger partial charge is 0.257 e. The van der Waals surface area contributed by atoms with E-state index in [1.165, 1.54) is 13.3 Å². The molecule has 2 heterocycles. The van der Waals surface area contributed by atoms with Crippen molar-refractivity contribution in [3.63, 3.8) is 0 Å². The predicted octanol–water partition coefficient (Wildman–Crippen LogP) is 2.67. The van der Waals surface area contributed by atoms with Crippen molar-refractivity contribution in [3.8, 4) is 5.75 Å². The Labute approximate surface area is 158 Å². The zero-order valence-corrected chi connectivity index (χ0v) is 15.3. The highest BCUT2D eigenvalue weighted by Gasteiger charge is 2.16. The first-order valence-electron chi connectivity index (χ1n) is 9.05. The lowest BCUT2D eigenvalue weighted by molar-refractivity contribution is -0.116. The number of carbonyl (C=O) groups is 2. The van der Waals surface area contributed by atoms with Gasteiger partial charge < -0.3 is 20.7 Å². The van der Waals surface area contributed by atoms with Crippen molar-refractivity contribution < 1.29 is 14.3 Å². The van der Waals surface area contributed by atoms with Gasteiger partial charge in [0.15, 0.2) is 0 Å². The normalized spacial score (nSPS) is 16.0. The molecule has 3 N–H and O–H groups in total. The van der Waals surface area contributed by atoms with Crippen LogP contribution in [0.3, 0.4) is 0 Å². The number of benzene rings is 1. The quantitative estimate of drug-likeness (QED) is 0.699. The Morgan fingerprint density at radius 3 is 2.89 bits per heavy atom. The monoisotopic (exact) mass is 368 g/mol. The van der Waals surface area contributed by atoms with Gasteiger partial charge in [-0.1, -0.05) is 0 Å². The number of amides is 2. The van der Waals surface area contributed by atoms with E-state index in [-0.39, 0.29) is 11.8 Å². The Morgan fingerprint density at radius 2 is 2.19 bits per heavy atom. The number of pyridine rings is 1. The number of rotatable bonds is 7. The number of aromatic nitrogens is 1. The Kier molecular flexibility index (Phi) is 6.38. The van der Waals surface area contributed by atoms with Crippen LogP contribution >= 0.6 is 0 Å². The third-order valence-electron chi connectivity index (χ3n) is 4.60. The van der Waals surface area contributed by atoms with Gasteiger partial charge in [-0.3, -0.25) is 14.6 Å². The predicted molar refractivity (Wildman–Crippen MR) is 104 cm³/mol. The highest BCUT2D eigenvalue weighted by Crippen LogP contribution is 2.28. The van der Waals surface area contributed by atoms with E-state index in [0.29, 0.717) is 35.0 Å². The van der Waals surface area contributed by atoms with E-state index in [1.54, 1.807) is 36.5 Å². The average molecular weight is 368 g/mol. The Hall–Kier alpha value is -2.93. The molecule has 1 saturated heterocycles.